The molecule has 3 aromatic heterocycles. The predicted octanol–water partition coefficient (Wildman–Crippen LogP) is 1.07. The molecule has 3 heterocycles. The molecular weight excluding hydrogens is 246 g/mol. The Morgan fingerprint density at radius 1 is 1.37 bits per heavy atom. The van der Waals surface area contributed by atoms with E-state index in [4.69, 9.17) is 5.73 Å². The maximum absolute atomic E-state index is 11.3. The van der Waals surface area contributed by atoms with E-state index in [0.717, 1.165) is 0 Å². The first-order valence-corrected chi connectivity index (χ1v) is 5.46. The molecule has 0 aliphatic carbocycles. The Morgan fingerprint density at radius 3 is 2.89 bits per heavy atom. The van der Waals surface area contributed by atoms with E-state index in [9.17, 15) is 9.90 Å². The molecule has 0 saturated heterocycles. The van der Waals surface area contributed by atoms with Gasteiger partial charge in [0.15, 0.2) is 5.65 Å². The molecule has 0 aliphatic rings. The summed E-state index contributed by atoms with van der Waals surface area (Å²) in [5, 5.41) is 13.2. The number of hydrogen-bond donors (Lipinski definition) is 2. The Balaban J connectivity index is 2.30. The number of rotatable bonds is 2. The number of pyridine rings is 2. The minimum atomic E-state index is -1.09. The maximum Gasteiger partial charge on any atom is 0.339 e. The van der Waals surface area contributed by atoms with E-state index in [1.54, 1.807) is 24.5 Å². The molecule has 0 atom stereocenters. The van der Waals surface area contributed by atoms with Gasteiger partial charge >= 0.3 is 5.97 Å². The van der Waals surface area contributed by atoms with Gasteiger partial charge in [-0.3, -0.25) is 4.98 Å². The van der Waals surface area contributed by atoms with Gasteiger partial charge in [-0.05, 0) is 18.2 Å². The minimum Gasteiger partial charge on any atom is -0.478 e. The number of carbonyl (C=O) groups is 1. The van der Waals surface area contributed by atoms with Crippen molar-refractivity contribution in [2.24, 2.45) is 0 Å². The molecule has 3 aromatic rings. The first kappa shape index (κ1) is 11.1. The Bertz CT molecular complexity index is 766. The monoisotopic (exact) mass is 255 g/mol. The first-order valence-electron chi connectivity index (χ1n) is 5.46. The summed E-state index contributed by atoms with van der Waals surface area (Å²) in [6, 6.07) is 6.90. The standard InChI is InChI=1S/C12H9N5O2/c13-12-15-10-8(11(18)19)5-7(6-17(10)16-12)9-3-1-2-4-14-9/h1-6H,(H2,13,16)(H,18,19). The van der Waals surface area contributed by atoms with Gasteiger partial charge in [0.25, 0.3) is 0 Å². The average Bonchev–Trinajstić information content (AvgIpc) is 2.78. The Morgan fingerprint density at radius 2 is 2.21 bits per heavy atom. The Hall–Kier alpha value is -2.96. The molecule has 0 radical (unpaired) electrons. The number of carboxylic acid groups (broad SMARTS) is 1. The lowest BCUT2D eigenvalue weighted by molar-refractivity contribution is 0.0698. The smallest absolute Gasteiger partial charge is 0.339 e. The number of fused-ring (bicyclic) bond motifs is 1. The van der Waals surface area contributed by atoms with E-state index >= 15 is 0 Å². The predicted molar refractivity (Wildman–Crippen MR) is 67.6 cm³/mol. The minimum absolute atomic E-state index is 0.0284. The van der Waals surface area contributed by atoms with Crippen molar-refractivity contribution in [3.63, 3.8) is 0 Å². The lowest BCUT2D eigenvalue weighted by atomic mass is 10.1. The first-order chi connectivity index (χ1) is 9.15. The summed E-state index contributed by atoms with van der Waals surface area (Å²) in [6.45, 7) is 0. The summed E-state index contributed by atoms with van der Waals surface area (Å²) in [7, 11) is 0. The molecule has 0 amide bonds. The van der Waals surface area contributed by atoms with E-state index in [2.05, 4.69) is 15.1 Å². The topological polar surface area (TPSA) is 106 Å². The molecule has 94 valence electrons. The van der Waals surface area contributed by atoms with E-state index in [1.807, 2.05) is 6.07 Å². The van der Waals surface area contributed by atoms with Gasteiger partial charge in [0.1, 0.15) is 5.56 Å². The fourth-order valence-corrected chi connectivity index (χ4v) is 1.83. The zero-order chi connectivity index (χ0) is 13.4. The molecule has 0 aromatic carbocycles. The van der Waals surface area contributed by atoms with E-state index in [1.165, 1.54) is 10.6 Å². The molecule has 0 aliphatic heterocycles. The van der Waals surface area contributed by atoms with Gasteiger partial charge in [0, 0.05) is 18.0 Å². The van der Waals surface area contributed by atoms with Gasteiger partial charge in [0.2, 0.25) is 5.95 Å². The van der Waals surface area contributed by atoms with Crippen LogP contribution in [0, 0.1) is 0 Å². The van der Waals surface area contributed by atoms with Gasteiger partial charge in [-0.1, -0.05) is 6.07 Å². The molecule has 0 saturated carbocycles. The summed E-state index contributed by atoms with van der Waals surface area (Å²) in [5.74, 6) is -1.06. The van der Waals surface area contributed by atoms with Crippen LogP contribution in [-0.2, 0) is 0 Å². The quantitative estimate of drug-likeness (QED) is 0.709. The Labute approximate surface area is 107 Å². The van der Waals surface area contributed by atoms with Crippen LogP contribution in [-0.4, -0.2) is 30.7 Å². The van der Waals surface area contributed by atoms with E-state index < -0.39 is 5.97 Å². The molecule has 0 bridgehead atoms. The molecule has 3 N–H and O–H groups in total. The van der Waals surface area contributed by atoms with Crippen LogP contribution in [0.15, 0.2) is 36.7 Å². The molecule has 19 heavy (non-hydrogen) atoms. The van der Waals surface area contributed by atoms with Gasteiger partial charge < -0.3 is 10.8 Å². The van der Waals surface area contributed by atoms with Crippen LogP contribution < -0.4 is 5.73 Å². The third-order valence-electron chi connectivity index (χ3n) is 2.64. The van der Waals surface area contributed by atoms with Crippen molar-refractivity contribution in [1.29, 1.82) is 0 Å². The van der Waals surface area contributed by atoms with E-state index in [0.29, 0.717) is 11.3 Å². The summed E-state index contributed by atoms with van der Waals surface area (Å²) in [5.41, 5.74) is 7.03. The second-order valence-corrected chi connectivity index (χ2v) is 3.90. The zero-order valence-electron chi connectivity index (χ0n) is 9.69. The van der Waals surface area contributed by atoms with Crippen LogP contribution in [0.1, 0.15) is 10.4 Å². The van der Waals surface area contributed by atoms with Gasteiger partial charge in [0.05, 0.1) is 5.69 Å². The zero-order valence-corrected chi connectivity index (χ0v) is 9.69. The van der Waals surface area contributed by atoms with Gasteiger partial charge in [-0.15, -0.1) is 5.10 Å². The molecule has 7 nitrogen and oxygen atoms in total. The lowest BCUT2D eigenvalue weighted by Gasteiger charge is -2.03. The number of nitrogen functional groups attached to an aromatic ring is 1. The van der Waals surface area contributed by atoms with Crippen LogP contribution in [0.25, 0.3) is 16.9 Å². The number of nitrogens with zero attached hydrogens (tertiary/aromatic N) is 4. The maximum atomic E-state index is 11.3. The van der Waals surface area contributed by atoms with Gasteiger partial charge in [-0.2, -0.15) is 4.98 Å². The summed E-state index contributed by atoms with van der Waals surface area (Å²) in [6.07, 6.45) is 3.28. The number of carboxylic acids is 1. The second-order valence-electron chi connectivity index (χ2n) is 3.90. The summed E-state index contributed by atoms with van der Waals surface area (Å²) in [4.78, 5) is 19.3. The normalized spacial score (nSPS) is 10.7. The highest BCUT2D eigenvalue weighted by molar-refractivity contribution is 5.95. The van der Waals surface area contributed by atoms with Crippen molar-refractivity contribution in [3.8, 4) is 11.3 Å². The van der Waals surface area contributed by atoms with Crippen LogP contribution in [0.2, 0.25) is 0 Å². The molecular formula is C12H9N5O2. The molecule has 7 heteroatoms. The fraction of sp³-hybridized carbons (Fsp3) is 0. The lowest BCUT2D eigenvalue weighted by Crippen LogP contribution is -2.02. The molecule has 0 spiro atoms. The van der Waals surface area contributed by atoms with Crippen LogP contribution in [0.4, 0.5) is 5.95 Å². The largest absolute Gasteiger partial charge is 0.478 e. The fourth-order valence-electron chi connectivity index (χ4n) is 1.83. The third kappa shape index (κ3) is 1.86. The van der Waals surface area contributed by atoms with Crippen LogP contribution in [0.3, 0.4) is 0 Å². The SMILES string of the molecule is Nc1nc2c(C(=O)O)cc(-c3ccccn3)cn2n1. The highest BCUT2D eigenvalue weighted by atomic mass is 16.4. The average molecular weight is 255 g/mol. The van der Waals surface area contributed by atoms with E-state index in [-0.39, 0.29) is 17.2 Å². The van der Waals surface area contributed by atoms with Crippen LogP contribution >= 0.6 is 0 Å². The number of nitrogens with two attached hydrogens (primary N) is 1. The highest BCUT2D eigenvalue weighted by Gasteiger charge is 2.15. The molecule has 0 fully saturated rings. The van der Waals surface area contributed by atoms with Crippen molar-refractivity contribution in [1.82, 2.24) is 19.6 Å². The van der Waals surface area contributed by atoms with Crippen molar-refractivity contribution >= 4 is 17.6 Å². The number of hydrogen-bond acceptors (Lipinski definition) is 5. The molecule has 0 unspecified atom stereocenters. The third-order valence-corrected chi connectivity index (χ3v) is 2.64. The Kier molecular flexibility index (Phi) is 2.38. The van der Waals surface area contributed by atoms with Crippen molar-refractivity contribution in [3.05, 3.63) is 42.2 Å². The summed E-state index contributed by atoms with van der Waals surface area (Å²) < 4.78 is 1.35. The van der Waals surface area contributed by atoms with Crippen molar-refractivity contribution in [2.75, 3.05) is 5.73 Å². The number of anilines is 1. The van der Waals surface area contributed by atoms with Crippen molar-refractivity contribution in [2.45, 2.75) is 0 Å². The number of aromatic carboxylic acids is 1. The van der Waals surface area contributed by atoms with Crippen LogP contribution in [0.5, 0.6) is 0 Å². The van der Waals surface area contributed by atoms with Gasteiger partial charge in [-0.25, -0.2) is 9.31 Å². The van der Waals surface area contributed by atoms with Crippen molar-refractivity contribution < 1.29 is 9.90 Å². The highest BCUT2D eigenvalue weighted by Crippen LogP contribution is 2.21. The molecule has 3 rings (SSSR count). The second kappa shape index (κ2) is 4.05. The summed E-state index contributed by atoms with van der Waals surface area (Å²) >= 11 is 0. The number of aromatic nitrogens is 4.